The third kappa shape index (κ3) is 3.35. The van der Waals surface area contributed by atoms with E-state index in [-0.39, 0.29) is 30.7 Å². The van der Waals surface area contributed by atoms with Crippen LogP contribution in [0.5, 0.6) is 17.2 Å². The van der Waals surface area contributed by atoms with E-state index in [0.717, 1.165) is 6.26 Å². The lowest BCUT2D eigenvalue weighted by Crippen LogP contribution is -2.49. The summed E-state index contributed by atoms with van der Waals surface area (Å²) in [7, 11) is -3.28. The predicted octanol–water partition coefficient (Wildman–Crippen LogP) is 0.275. The van der Waals surface area contributed by atoms with Crippen molar-refractivity contribution < 1.29 is 27.8 Å². The Hall–Kier alpha value is -2.00. The Labute approximate surface area is 134 Å². The van der Waals surface area contributed by atoms with Crippen molar-refractivity contribution in [1.29, 1.82) is 0 Å². The summed E-state index contributed by atoms with van der Waals surface area (Å²) in [4.78, 5) is 12.4. The average Bonchev–Trinajstić information content (AvgIpc) is 2.92. The molecule has 2 heterocycles. The second-order valence-corrected chi connectivity index (χ2v) is 7.64. The van der Waals surface area contributed by atoms with E-state index in [4.69, 9.17) is 9.47 Å². The number of sulfonamides is 1. The molecule has 2 aliphatic rings. The van der Waals surface area contributed by atoms with Crippen molar-refractivity contribution in [3.63, 3.8) is 0 Å². The second kappa shape index (κ2) is 5.89. The van der Waals surface area contributed by atoms with E-state index in [1.165, 1.54) is 16.4 Å². The van der Waals surface area contributed by atoms with Crippen molar-refractivity contribution in [3.8, 4) is 17.2 Å². The highest BCUT2D eigenvalue weighted by atomic mass is 32.2. The fourth-order valence-electron chi connectivity index (χ4n) is 2.74. The fourth-order valence-corrected chi connectivity index (χ4v) is 3.65. The number of ether oxygens (including phenoxy) is 2. The molecular formula is C14H18N2O6S. The summed E-state index contributed by atoms with van der Waals surface area (Å²) in [6.07, 6.45) is 2.51. The Morgan fingerprint density at radius 1 is 1.35 bits per heavy atom. The van der Waals surface area contributed by atoms with Crippen molar-refractivity contribution >= 4 is 15.9 Å². The van der Waals surface area contributed by atoms with Crippen LogP contribution in [0, 0.1) is 0 Å². The number of piperidine rings is 1. The molecule has 9 heteroatoms. The summed E-state index contributed by atoms with van der Waals surface area (Å²) < 4.78 is 34.9. The molecule has 0 radical (unpaired) electrons. The normalized spacial score (nSPS) is 21.2. The molecule has 1 saturated heterocycles. The van der Waals surface area contributed by atoms with E-state index in [0.29, 0.717) is 30.9 Å². The van der Waals surface area contributed by atoms with Gasteiger partial charge in [0.2, 0.25) is 16.8 Å². The molecule has 126 valence electrons. The second-order valence-electron chi connectivity index (χ2n) is 5.66. The number of carbonyl (C=O) groups is 1. The van der Waals surface area contributed by atoms with Gasteiger partial charge in [0.25, 0.3) is 5.91 Å². The highest BCUT2D eigenvalue weighted by Crippen LogP contribution is 2.37. The highest BCUT2D eigenvalue weighted by Gasteiger charge is 2.28. The molecule has 3 rings (SSSR count). The molecule has 0 bridgehead atoms. The fraction of sp³-hybridized carbons (Fsp3) is 0.500. The lowest BCUT2D eigenvalue weighted by Gasteiger charge is -2.31. The van der Waals surface area contributed by atoms with Crippen LogP contribution in [0.1, 0.15) is 23.2 Å². The molecule has 23 heavy (non-hydrogen) atoms. The molecule has 2 aliphatic heterocycles. The molecule has 8 nitrogen and oxygen atoms in total. The lowest BCUT2D eigenvalue weighted by molar-refractivity contribution is 0.0918. The van der Waals surface area contributed by atoms with Crippen LogP contribution in [0.2, 0.25) is 0 Å². The predicted molar refractivity (Wildman–Crippen MR) is 81.1 cm³/mol. The van der Waals surface area contributed by atoms with Crippen molar-refractivity contribution in [1.82, 2.24) is 9.62 Å². The number of hydrogen-bond acceptors (Lipinski definition) is 6. The molecule has 0 spiro atoms. The van der Waals surface area contributed by atoms with Gasteiger partial charge in [0, 0.05) is 31.3 Å². The van der Waals surface area contributed by atoms with Crippen LogP contribution in [-0.2, 0) is 10.0 Å². The van der Waals surface area contributed by atoms with Gasteiger partial charge in [-0.1, -0.05) is 0 Å². The number of hydrogen-bond donors (Lipinski definition) is 2. The number of nitrogens with one attached hydrogen (secondary N) is 1. The third-order valence-corrected chi connectivity index (χ3v) is 5.19. The first kappa shape index (κ1) is 15.9. The zero-order valence-corrected chi connectivity index (χ0v) is 13.4. The Morgan fingerprint density at radius 3 is 2.74 bits per heavy atom. The van der Waals surface area contributed by atoms with Crippen LogP contribution >= 0.6 is 0 Å². The van der Waals surface area contributed by atoms with Gasteiger partial charge in [0.1, 0.15) is 5.75 Å². The molecule has 0 aliphatic carbocycles. The van der Waals surface area contributed by atoms with E-state index < -0.39 is 15.9 Å². The van der Waals surface area contributed by atoms with Crippen LogP contribution in [0.15, 0.2) is 12.1 Å². The number of phenols is 1. The largest absolute Gasteiger partial charge is 0.507 e. The highest BCUT2D eigenvalue weighted by molar-refractivity contribution is 7.88. The quantitative estimate of drug-likeness (QED) is 0.817. The smallest absolute Gasteiger partial charge is 0.255 e. The zero-order chi connectivity index (χ0) is 16.6. The number of nitrogens with zero attached hydrogens (tertiary/aromatic N) is 1. The zero-order valence-electron chi connectivity index (χ0n) is 12.6. The molecule has 1 unspecified atom stereocenters. The molecule has 1 fully saturated rings. The SMILES string of the molecule is CS(=O)(=O)N1CCCC(NC(=O)c2cc3c(cc2O)OCO3)C1. The minimum absolute atomic E-state index is 0.0474. The van der Waals surface area contributed by atoms with Crippen molar-refractivity contribution in [2.24, 2.45) is 0 Å². The van der Waals surface area contributed by atoms with Gasteiger partial charge in [0.15, 0.2) is 11.5 Å². The Bertz CT molecular complexity index is 733. The standard InChI is InChI=1S/C14H18N2O6S/c1-23(19,20)16-4-2-3-9(7-16)15-14(18)10-5-12-13(6-11(10)17)22-8-21-12/h5-6,9,17H,2-4,7-8H2,1H3,(H,15,18). The van der Waals surface area contributed by atoms with Crippen molar-refractivity contribution in [2.45, 2.75) is 18.9 Å². The molecule has 0 aromatic heterocycles. The number of aromatic hydroxyl groups is 1. The van der Waals surface area contributed by atoms with Gasteiger partial charge in [-0.25, -0.2) is 12.7 Å². The minimum Gasteiger partial charge on any atom is -0.507 e. The van der Waals surface area contributed by atoms with Gasteiger partial charge >= 0.3 is 0 Å². The van der Waals surface area contributed by atoms with Crippen molar-refractivity contribution in [3.05, 3.63) is 17.7 Å². The number of rotatable bonds is 3. The first-order chi connectivity index (χ1) is 10.8. The Morgan fingerprint density at radius 2 is 2.04 bits per heavy atom. The molecule has 1 aromatic carbocycles. The van der Waals surface area contributed by atoms with Gasteiger partial charge in [-0.2, -0.15) is 0 Å². The van der Waals surface area contributed by atoms with E-state index in [1.807, 2.05) is 0 Å². The molecular weight excluding hydrogens is 324 g/mol. The van der Waals surface area contributed by atoms with Crippen LogP contribution < -0.4 is 14.8 Å². The summed E-state index contributed by atoms with van der Waals surface area (Å²) in [5, 5.41) is 12.7. The van der Waals surface area contributed by atoms with E-state index >= 15 is 0 Å². The van der Waals surface area contributed by atoms with Crippen LogP contribution in [0.3, 0.4) is 0 Å². The lowest BCUT2D eigenvalue weighted by atomic mass is 10.1. The third-order valence-electron chi connectivity index (χ3n) is 3.92. The number of carbonyl (C=O) groups excluding carboxylic acids is 1. The van der Waals surface area contributed by atoms with Crippen LogP contribution in [0.4, 0.5) is 0 Å². The number of amides is 1. The number of fused-ring (bicyclic) bond motifs is 1. The minimum atomic E-state index is -3.28. The molecule has 2 N–H and O–H groups in total. The van der Waals surface area contributed by atoms with E-state index in [2.05, 4.69) is 5.32 Å². The average molecular weight is 342 g/mol. The maximum absolute atomic E-state index is 12.4. The molecule has 1 atom stereocenters. The maximum Gasteiger partial charge on any atom is 0.255 e. The number of benzene rings is 1. The van der Waals surface area contributed by atoms with E-state index in [9.17, 15) is 18.3 Å². The van der Waals surface area contributed by atoms with Crippen molar-refractivity contribution in [2.75, 3.05) is 26.1 Å². The van der Waals surface area contributed by atoms with Crippen LogP contribution in [-0.4, -0.2) is 55.9 Å². The summed E-state index contributed by atoms with van der Waals surface area (Å²) in [5.41, 5.74) is 0.0747. The summed E-state index contributed by atoms with van der Waals surface area (Å²) in [6, 6.07) is 2.46. The first-order valence-electron chi connectivity index (χ1n) is 7.23. The molecule has 1 amide bonds. The van der Waals surface area contributed by atoms with Gasteiger partial charge in [-0.15, -0.1) is 0 Å². The number of phenolic OH excluding ortho intramolecular Hbond substituents is 1. The summed E-state index contributed by atoms with van der Waals surface area (Å²) in [6.45, 7) is 0.738. The first-order valence-corrected chi connectivity index (χ1v) is 9.08. The van der Waals surface area contributed by atoms with Gasteiger partial charge in [-0.05, 0) is 12.8 Å². The van der Waals surface area contributed by atoms with Crippen LogP contribution in [0.25, 0.3) is 0 Å². The Balaban J connectivity index is 1.72. The maximum atomic E-state index is 12.4. The molecule has 0 saturated carbocycles. The van der Waals surface area contributed by atoms with Gasteiger partial charge in [0.05, 0.1) is 11.8 Å². The monoisotopic (exact) mass is 342 g/mol. The summed E-state index contributed by atoms with van der Waals surface area (Å²) in [5.74, 6) is 0.109. The van der Waals surface area contributed by atoms with Gasteiger partial charge in [-0.3, -0.25) is 4.79 Å². The van der Waals surface area contributed by atoms with Gasteiger partial charge < -0.3 is 19.9 Å². The summed E-state index contributed by atoms with van der Waals surface area (Å²) >= 11 is 0. The molecule has 1 aromatic rings. The topological polar surface area (TPSA) is 105 Å². The van der Waals surface area contributed by atoms with E-state index in [1.54, 1.807) is 0 Å². The Kier molecular flexibility index (Phi) is 4.07.